The second kappa shape index (κ2) is 10.2. The number of halogens is 3. The lowest BCUT2D eigenvalue weighted by Crippen LogP contribution is -2.31. The third-order valence-electron chi connectivity index (χ3n) is 5.79. The molecule has 0 radical (unpaired) electrons. The van der Waals surface area contributed by atoms with Gasteiger partial charge in [-0.2, -0.15) is 18.3 Å². The summed E-state index contributed by atoms with van der Waals surface area (Å²) in [4.78, 5) is 19.4. The number of piperidine rings is 1. The smallest absolute Gasteiger partial charge is 0.369 e. The van der Waals surface area contributed by atoms with Gasteiger partial charge < -0.3 is 16.4 Å². The Morgan fingerprint density at radius 3 is 2.71 bits per heavy atom. The van der Waals surface area contributed by atoms with Gasteiger partial charge in [0.25, 0.3) is 0 Å². The molecule has 1 atom stereocenters. The van der Waals surface area contributed by atoms with Crippen LogP contribution < -0.4 is 16.4 Å². The lowest BCUT2D eigenvalue weighted by molar-refractivity contribution is -0.138. The van der Waals surface area contributed by atoms with Gasteiger partial charge in [0.2, 0.25) is 11.9 Å². The van der Waals surface area contributed by atoms with Gasteiger partial charge in [0.1, 0.15) is 0 Å². The van der Waals surface area contributed by atoms with E-state index in [1.807, 2.05) is 4.68 Å². The van der Waals surface area contributed by atoms with E-state index in [1.54, 1.807) is 36.7 Å². The van der Waals surface area contributed by atoms with Gasteiger partial charge in [-0.3, -0.25) is 9.48 Å². The van der Waals surface area contributed by atoms with Crippen molar-refractivity contribution in [3.05, 3.63) is 65.2 Å². The molecule has 34 heavy (non-hydrogen) atoms. The van der Waals surface area contributed by atoms with Gasteiger partial charge in [-0.1, -0.05) is 24.3 Å². The normalized spacial score (nSPS) is 16.4. The van der Waals surface area contributed by atoms with Crippen LogP contribution >= 0.6 is 0 Å². The molecule has 0 spiro atoms. The first kappa shape index (κ1) is 23.7. The third kappa shape index (κ3) is 5.90. The first-order valence-electron chi connectivity index (χ1n) is 11.1. The molecule has 1 unspecified atom stereocenters. The zero-order valence-electron chi connectivity index (χ0n) is 18.5. The number of hydrogen-bond donors (Lipinski definition) is 3. The van der Waals surface area contributed by atoms with Crippen LogP contribution in [0.2, 0.25) is 0 Å². The Kier molecular flexibility index (Phi) is 7.11. The zero-order valence-corrected chi connectivity index (χ0v) is 18.5. The topological polar surface area (TPSA) is 111 Å². The number of aromatic nitrogens is 4. The first-order chi connectivity index (χ1) is 16.3. The largest absolute Gasteiger partial charge is 0.419 e. The molecular formula is C23H26F3N7O. The monoisotopic (exact) mass is 473 g/mol. The maximum atomic E-state index is 13.6. The number of rotatable bonds is 8. The van der Waals surface area contributed by atoms with Gasteiger partial charge in [-0.15, -0.1) is 0 Å². The summed E-state index contributed by atoms with van der Waals surface area (Å²) in [7, 11) is 0. The van der Waals surface area contributed by atoms with Crippen molar-refractivity contribution >= 4 is 17.5 Å². The molecule has 11 heteroatoms. The molecule has 0 aliphatic carbocycles. The second-order valence-electron chi connectivity index (χ2n) is 8.30. The minimum absolute atomic E-state index is 0.0226. The highest BCUT2D eigenvalue weighted by molar-refractivity contribution is 5.77. The van der Waals surface area contributed by atoms with Crippen LogP contribution in [-0.2, 0) is 30.2 Å². The van der Waals surface area contributed by atoms with E-state index in [0.717, 1.165) is 37.7 Å². The van der Waals surface area contributed by atoms with Crippen LogP contribution in [0, 0.1) is 0 Å². The fourth-order valence-corrected chi connectivity index (χ4v) is 4.11. The number of amides is 1. The molecule has 1 amide bonds. The van der Waals surface area contributed by atoms with Crippen LogP contribution in [-0.4, -0.2) is 38.7 Å². The molecule has 8 nitrogen and oxygen atoms in total. The number of carbonyl (C=O) groups excluding carboxylic acids is 1. The van der Waals surface area contributed by atoms with Crippen LogP contribution in [0.25, 0.3) is 0 Å². The van der Waals surface area contributed by atoms with Crippen molar-refractivity contribution in [2.45, 2.75) is 44.3 Å². The number of nitrogens with two attached hydrogens (primary N) is 1. The Labute approximate surface area is 194 Å². The van der Waals surface area contributed by atoms with Crippen LogP contribution in [0.4, 0.5) is 24.8 Å². The van der Waals surface area contributed by atoms with Crippen molar-refractivity contribution in [2.24, 2.45) is 5.73 Å². The Morgan fingerprint density at radius 1 is 1.21 bits per heavy atom. The fourth-order valence-electron chi connectivity index (χ4n) is 4.11. The number of alkyl halides is 3. The zero-order chi connectivity index (χ0) is 24.1. The van der Waals surface area contributed by atoms with Crippen molar-refractivity contribution in [1.82, 2.24) is 25.1 Å². The molecule has 2 aromatic heterocycles. The molecule has 4 N–H and O–H groups in total. The summed E-state index contributed by atoms with van der Waals surface area (Å²) in [5.74, 6) is -0.434. The molecule has 4 rings (SSSR count). The van der Waals surface area contributed by atoms with E-state index in [4.69, 9.17) is 5.73 Å². The van der Waals surface area contributed by atoms with E-state index in [1.165, 1.54) is 0 Å². The summed E-state index contributed by atoms with van der Waals surface area (Å²) in [6, 6.07) is 7.29. The summed E-state index contributed by atoms with van der Waals surface area (Å²) in [6.45, 7) is 1.80. The molecular weight excluding hydrogens is 447 g/mol. The SMILES string of the molecule is NC(=O)Cc1ccccc1CCc1nc(Nc2cnn(C3CCCNC3)c2)ncc1C(F)(F)F. The highest BCUT2D eigenvalue weighted by Crippen LogP contribution is 2.32. The van der Waals surface area contributed by atoms with Gasteiger partial charge in [-0.25, -0.2) is 9.97 Å². The molecule has 1 aliphatic heterocycles. The van der Waals surface area contributed by atoms with E-state index < -0.39 is 17.6 Å². The van der Waals surface area contributed by atoms with E-state index in [9.17, 15) is 18.0 Å². The van der Waals surface area contributed by atoms with Crippen LogP contribution in [0.5, 0.6) is 0 Å². The number of nitrogens with zero attached hydrogens (tertiary/aromatic N) is 4. The summed E-state index contributed by atoms with van der Waals surface area (Å²) in [6.07, 6.45) is 2.01. The highest BCUT2D eigenvalue weighted by Gasteiger charge is 2.35. The quantitative estimate of drug-likeness (QED) is 0.464. The molecule has 3 heterocycles. The van der Waals surface area contributed by atoms with Gasteiger partial charge >= 0.3 is 6.18 Å². The summed E-state index contributed by atoms with van der Waals surface area (Å²) >= 11 is 0. The Morgan fingerprint density at radius 2 is 2.00 bits per heavy atom. The Balaban J connectivity index is 1.53. The third-order valence-corrected chi connectivity index (χ3v) is 5.79. The predicted molar refractivity (Wildman–Crippen MR) is 120 cm³/mol. The molecule has 1 fully saturated rings. The maximum absolute atomic E-state index is 13.6. The van der Waals surface area contributed by atoms with Crippen LogP contribution in [0.15, 0.2) is 42.9 Å². The molecule has 0 saturated carbocycles. The molecule has 1 saturated heterocycles. The van der Waals surface area contributed by atoms with Gasteiger partial charge in [0, 0.05) is 18.9 Å². The second-order valence-corrected chi connectivity index (χ2v) is 8.30. The number of anilines is 2. The number of nitrogens with one attached hydrogen (secondary N) is 2. The van der Waals surface area contributed by atoms with Crippen molar-refractivity contribution in [3.8, 4) is 0 Å². The minimum Gasteiger partial charge on any atom is -0.369 e. The van der Waals surface area contributed by atoms with E-state index in [0.29, 0.717) is 11.3 Å². The highest BCUT2D eigenvalue weighted by atomic mass is 19.4. The lowest BCUT2D eigenvalue weighted by Gasteiger charge is -2.22. The van der Waals surface area contributed by atoms with E-state index in [2.05, 4.69) is 25.7 Å². The molecule has 180 valence electrons. The first-order valence-corrected chi connectivity index (χ1v) is 11.1. The van der Waals surface area contributed by atoms with Crippen molar-refractivity contribution in [2.75, 3.05) is 18.4 Å². The summed E-state index contributed by atoms with van der Waals surface area (Å²) in [5.41, 5.74) is 6.34. The van der Waals surface area contributed by atoms with Gasteiger partial charge in [0.05, 0.1) is 35.6 Å². The van der Waals surface area contributed by atoms with Gasteiger partial charge in [-0.05, 0) is 43.4 Å². The molecule has 3 aromatic rings. The summed E-state index contributed by atoms with van der Waals surface area (Å²) < 4.78 is 42.7. The van der Waals surface area contributed by atoms with Crippen LogP contribution in [0.1, 0.15) is 41.3 Å². The van der Waals surface area contributed by atoms with Crippen molar-refractivity contribution < 1.29 is 18.0 Å². The average molecular weight is 474 g/mol. The maximum Gasteiger partial charge on any atom is 0.419 e. The van der Waals surface area contributed by atoms with E-state index in [-0.39, 0.29) is 36.9 Å². The lowest BCUT2D eigenvalue weighted by atomic mass is 9.98. The molecule has 0 bridgehead atoms. The van der Waals surface area contributed by atoms with E-state index >= 15 is 0 Å². The predicted octanol–water partition coefficient (Wildman–Crippen LogP) is 3.17. The fraction of sp³-hybridized carbons (Fsp3) is 0.391. The number of benzene rings is 1. The summed E-state index contributed by atoms with van der Waals surface area (Å²) in [5, 5.41) is 10.7. The molecule has 1 aromatic carbocycles. The molecule has 1 aliphatic rings. The standard InChI is InChI=1S/C23H26F3N7O/c24-23(25,26)19-13-29-22(31-17-11-30-33(14-17)18-6-3-9-28-12-18)32-20(19)8-7-15-4-1-2-5-16(15)10-21(27)34/h1-2,4-5,11,13-14,18,28H,3,6-10,12H2,(H2,27,34)(H,29,31,32). The number of carbonyl (C=O) groups is 1. The number of aryl methyl sites for hydroxylation is 2. The van der Waals surface area contributed by atoms with Crippen molar-refractivity contribution in [1.29, 1.82) is 0 Å². The Hall–Kier alpha value is -3.47. The minimum atomic E-state index is -4.58. The average Bonchev–Trinajstić information content (AvgIpc) is 3.26. The van der Waals surface area contributed by atoms with Gasteiger partial charge in [0.15, 0.2) is 0 Å². The number of primary amides is 1. The number of hydrogen-bond acceptors (Lipinski definition) is 6. The Bertz CT molecular complexity index is 1140. The van der Waals surface area contributed by atoms with Crippen LogP contribution in [0.3, 0.4) is 0 Å². The van der Waals surface area contributed by atoms with Crippen molar-refractivity contribution in [3.63, 3.8) is 0 Å².